The van der Waals surface area contributed by atoms with E-state index in [0.717, 1.165) is 15.9 Å². The lowest BCUT2D eigenvalue weighted by Crippen LogP contribution is -2.66. The molecule has 0 N–H and O–H groups in total. The van der Waals surface area contributed by atoms with Crippen LogP contribution in [0.25, 0.3) is 5.53 Å². The molecule has 41 heavy (non-hydrogen) atoms. The number of hydrogen-bond donors (Lipinski definition) is 0. The number of hydrogen-bond acceptors (Lipinski definition) is 5. The van der Waals surface area contributed by atoms with Gasteiger partial charge >= 0.3 is 15.8 Å². The van der Waals surface area contributed by atoms with Crippen LogP contribution in [0.3, 0.4) is 0 Å². The summed E-state index contributed by atoms with van der Waals surface area (Å²) in [4.78, 5) is 16.0. The van der Waals surface area contributed by atoms with Crippen molar-refractivity contribution in [1.29, 1.82) is 0 Å². The van der Waals surface area contributed by atoms with Crippen LogP contribution in [0.15, 0.2) is 84.9 Å². The Bertz CT molecular complexity index is 1510. The number of ketones is 1. The number of carbonyl (C=O) groups excluding carboxylic acids is 1. The quantitative estimate of drug-likeness (QED) is 0.0730. The molecule has 9 heteroatoms. The van der Waals surface area contributed by atoms with Crippen molar-refractivity contribution in [3.05, 3.63) is 107 Å². The zero-order valence-electron chi connectivity index (χ0n) is 24.6. The van der Waals surface area contributed by atoms with Crippen molar-refractivity contribution in [2.45, 2.75) is 53.0 Å². The molecule has 0 aliphatic rings. The van der Waals surface area contributed by atoms with E-state index >= 15 is 0 Å². The van der Waals surface area contributed by atoms with Gasteiger partial charge in [0.1, 0.15) is 5.75 Å². The summed E-state index contributed by atoms with van der Waals surface area (Å²) in [5.74, 6) is -1.35. The highest BCUT2D eigenvalue weighted by atomic mass is 32.2. The van der Waals surface area contributed by atoms with Gasteiger partial charge in [0.25, 0.3) is 8.32 Å². The van der Waals surface area contributed by atoms with Crippen LogP contribution in [0.5, 0.6) is 5.75 Å². The third-order valence-electron chi connectivity index (χ3n) is 6.89. The molecule has 0 saturated heterocycles. The van der Waals surface area contributed by atoms with Crippen LogP contribution in [-0.2, 0) is 19.3 Å². The maximum absolute atomic E-state index is 13.0. The van der Waals surface area contributed by atoms with Gasteiger partial charge in [0, 0.05) is 6.42 Å². The molecule has 0 amide bonds. The Labute approximate surface area is 244 Å². The Morgan fingerprint density at radius 1 is 0.927 bits per heavy atom. The lowest BCUT2D eigenvalue weighted by molar-refractivity contribution is -0.116. The van der Waals surface area contributed by atoms with Gasteiger partial charge in [-0.1, -0.05) is 106 Å². The molecule has 7 nitrogen and oxygen atoms in total. The SMILES string of the molecule is C=C(CO[Si](c1ccccc1)(c1ccccc1)C(C)(C)C)CC(=O)C(CS(=O)(=O)Oc1c(C)cc(C)cc1C)=[N+]=[N-]. The Morgan fingerprint density at radius 3 is 1.85 bits per heavy atom. The Morgan fingerprint density at radius 2 is 1.41 bits per heavy atom. The van der Waals surface area contributed by atoms with Crippen molar-refractivity contribution in [2.24, 2.45) is 0 Å². The minimum atomic E-state index is -4.28. The van der Waals surface area contributed by atoms with E-state index in [2.05, 4.69) is 56.4 Å². The van der Waals surface area contributed by atoms with Gasteiger partial charge in [-0.05, 0) is 52.9 Å². The summed E-state index contributed by atoms with van der Waals surface area (Å²) in [6.07, 6.45) is -0.240. The zero-order valence-corrected chi connectivity index (χ0v) is 26.4. The molecule has 0 aliphatic heterocycles. The molecular weight excluding hydrogens is 553 g/mol. The third-order valence-corrected chi connectivity index (χ3v) is 12.9. The number of Topliss-reactive ketones (excluding diaryl/α,β-unsaturated/α-hetero) is 1. The minimum absolute atomic E-state index is 0.0722. The molecule has 0 saturated carbocycles. The van der Waals surface area contributed by atoms with Gasteiger partial charge in [-0.3, -0.25) is 4.79 Å². The zero-order chi connectivity index (χ0) is 30.4. The van der Waals surface area contributed by atoms with Crippen LogP contribution in [0.4, 0.5) is 0 Å². The summed E-state index contributed by atoms with van der Waals surface area (Å²) in [7, 11) is -7.14. The van der Waals surface area contributed by atoms with Gasteiger partial charge in [-0.2, -0.15) is 13.2 Å². The highest BCUT2D eigenvalue weighted by Crippen LogP contribution is 2.37. The Kier molecular flexibility index (Phi) is 10.0. The Balaban J connectivity index is 1.78. The summed E-state index contributed by atoms with van der Waals surface area (Å²) in [5.41, 5.74) is 11.7. The Hall–Kier alpha value is -3.62. The fraction of sp³-hybridized carbons (Fsp3) is 0.312. The second kappa shape index (κ2) is 12.9. The molecule has 216 valence electrons. The van der Waals surface area contributed by atoms with E-state index in [4.69, 9.17) is 8.61 Å². The predicted molar refractivity (Wildman–Crippen MR) is 166 cm³/mol. The molecule has 0 spiro atoms. The minimum Gasteiger partial charge on any atom is -0.403 e. The number of aryl methyl sites for hydroxylation is 3. The van der Waals surface area contributed by atoms with Crippen molar-refractivity contribution in [2.75, 3.05) is 12.4 Å². The van der Waals surface area contributed by atoms with E-state index in [1.165, 1.54) is 0 Å². The van der Waals surface area contributed by atoms with Gasteiger partial charge in [0.05, 0.1) is 6.61 Å². The second-order valence-corrected chi connectivity index (χ2v) is 17.2. The number of nitrogens with zero attached hydrogens (tertiary/aromatic N) is 2. The molecule has 0 radical (unpaired) electrons. The summed E-state index contributed by atoms with van der Waals surface area (Å²) < 4.78 is 37.8. The lowest BCUT2D eigenvalue weighted by atomic mass is 10.1. The maximum Gasteiger partial charge on any atom is 0.353 e. The third kappa shape index (κ3) is 7.57. The van der Waals surface area contributed by atoms with Gasteiger partial charge in [0.2, 0.25) is 5.78 Å². The van der Waals surface area contributed by atoms with E-state index in [-0.39, 0.29) is 23.8 Å². The summed E-state index contributed by atoms with van der Waals surface area (Å²) in [6, 6.07) is 23.7. The largest absolute Gasteiger partial charge is 0.403 e. The summed E-state index contributed by atoms with van der Waals surface area (Å²) in [5, 5.41) is 1.90. The van der Waals surface area contributed by atoms with Crippen LogP contribution in [0, 0.1) is 20.8 Å². The average molecular weight is 591 g/mol. The maximum atomic E-state index is 13.0. The first-order valence-corrected chi connectivity index (χ1v) is 16.8. The van der Waals surface area contributed by atoms with Crippen molar-refractivity contribution >= 4 is 40.3 Å². The summed E-state index contributed by atoms with van der Waals surface area (Å²) >= 11 is 0. The van der Waals surface area contributed by atoms with Crippen LogP contribution in [0.2, 0.25) is 5.04 Å². The molecule has 3 aromatic carbocycles. The summed E-state index contributed by atoms with van der Waals surface area (Å²) in [6.45, 7) is 15.9. The normalized spacial score (nSPS) is 12.0. The highest BCUT2D eigenvalue weighted by molar-refractivity contribution is 7.87. The number of rotatable bonds is 12. The van der Waals surface area contributed by atoms with E-state index in [1.807, 2.05) is 43.3 Å². The first kappa shape index (κ1) is 31.9. The average Bonchev–Trinajstić information content (AvgIpc) is 2.90. The molecule has 3 rings (SSSR count). The molecule has 0 bridgehead atoms. The van der Waals surface area contributed by atoms with Crippen LogP contribution in [-0.4, -0.2) is 45.4 Å². The second-order valence-electron chi connectivity index (χ2n) is 11.4. The van der Waals surface area contributed by atoms with Gasteiger partial charge in [-0.15, -0.1) is 0 Å². The number of carbonyl (C=O) groups is 1. The molecule has 0 fully saturated rings. The highest BCUT2D eigenvalue weighted by Gasteiger charge is 2.50. The van der Waals surface area contributed by atoms with Crippen LogP contribution < -0.4 is 14.6 Å². The molecule has 0 heterocycles. The predicted octanol–water partition coefficient (Wildman–Crippen LogP) is 5.08. The smallest absolute Gasteiger partial charge is 0.353 e. The van der Waals surface area contributed by atoms with Crippen LogP contribution in [0.1, 0.15) is 43.9 Å². The van der Waals surface area contributed by atoms with E-state index in [1.54, 1.807) is 26.0 Å². The molecule has 3 aromatic rings. The van der Waals surface area contributed by atoms with Crippen LogP contribution >= 0.6 is 0 Å². The molecule has 0 aromatic heterocycles. The van der Waals surface area contributed by atoms with Gasteiger partial charge in [0.15, 0.2) is 5.75 Å². The monoisotopic (exact) mass is 590 g/mol. The van der Waals surface area contributed by atoms with Gasteiger partial charge in [-0.25, -0.2) is 0 Å². The first-order chi connectivity index (χ1) is 19.2. The molecule has 0 aliphatic carbocycles. The topological polar surface area (TPSA) is 106 Å². The molecule has 0 unspecified atom stereocenters. The van der Waals surface area contributed by atoms with E-state index in [9.17, 15) is 18.7 Å². The van der Waals surface area contributed by atoms with Crippen molar-refractivity contribution in [1.82, 2.24) is 0 Å². The standard InChI is InChI=1S/C32H38N2O5SSi/c1-23-18-25(3)31(26(4)19-23)39-40(36,37)22-29(34-33)30(35)20-24(2)21-38-41(32(5,6)7,27-14-10-8-11-15-27)28-16-12-9-13-17-28/h8-19H,2,20-22H2,1,3-7H3. The van der Waals surface area contributed by atoms with Crippen molar-refractivity contribution < 1.29 is 26.6 Å². The van der Waals surface area contributed by atoms with Crippen molar-refractivity contribution in [3.8, 4) is 5.75 Å². The fourth-order valence-electron chi connectivity index (χ4n) is 5.14. The number of benzene rings is 3. The van der Waals surface area contributed by atoms with Gasteiger partial charge < -0.3 is 14.1 Å². The van der Waals surface area contributed by atoms with Crippen molar-refractivity contribution in [3.63, 3.8) is 0 Å². The van der Waals surface area contributed by atoms with E-state index < -0.39 is 35.7 Å². The molecule has 0 atom stereocenters. The first-order valence-electron chi connectivity index (χ1n) is 13.4. The fourth-order valence-corrected chi connectivity index (χ4v) is 10.8. The lowest BCUT2D eigenvalue weighted by Gasteiger charge is -2.43. The molecular formula is C32H38N2O5SSi. The van der Waals surface area contributed by atoms with E-state index in [0.29, 0.717) is 16.7 Å².